The van der Waals surface area contributed by atoms with Gasteiger partial charge in [0.1, 0.15) is 0 Å². The summed E-state index contributed by atoms with van der Waals surface area (Å²) in [6, 6.07) is 1.73. The Balaban J connectivity index is 3.28. The minimum absolute atomic E-state index is 0.0815. The van der Waals surface area contributed by atoms with Gasteiger partial charge in [-0.2, -0.15) is 4.31 Å². The summed E-state index contributed by atoms with van der Waals surface area (Å²) in [5, 5.41) is 8.87. The molecule has 21 heavy (non-hydrogen) atoms. The zero-order valence-electron chi connectivity index (χ0n) is 12.3. The number of aliphatic hydroxyl groups excluding tert-OH is 1. The Kier molecular flexibility index (Phi) is 5.94. The normalized spacial score (nSPS) is 12.1. The molecule has 0 aliphatic heterocycles. The second-order valence-corrected chi connectivity index (χ2v) is 6.70. The quantitative estimate of drug-likeness (QED) is 0.736. The SMILES string of the molecule is COc1c(N)cc(S(=O)(=O)N(CCCO)C(C)C)cc1F. The second-order valence-electron chi connectivity index (χ2n) is 4.81. The summed E-state index contributed by atoms with van der Waals surface area (Å²) >= 11 is 0. The van der Waals surface area contributed by atoms with E-state index in [1.165, 1.54) is 17.5 Å². The molecule has 3 N–H and O–H groups in total. The molecule has 1 aromatic carbocycles. The molecule has 0 fully saturated rings. The lowest BCUT2D eigenvalue weighted by Gasteiger charge is -2.26. The number of nitrogens with two attached hydrogens (primary N) is 1. The molecule has 120 valence electrons. The zero-order valence-corrected chi connectivity index (χ0v) is 13.2. The topological polar surface area (TPSA) is 92.9 Å². The maximum Gasteiger partial charge on any atom is 0.243 e. The summed E-state index contributed by atoms with van der Waals surface area (Å²) in [5.74, 6) is -1.01. The average Bonchev–Trinajstić information content (AvgIpc) is 2.38. The number of anilines is 1. The molecule has 1 rings (SSSR count). The highest BCUT2D eigenvalue weighted by atomic mass is 32.2. The van der Waals surface area contributed by atoms with Gasteiger partial charge < -0.3 is 15.6 Å². The van der Waals surface area contributed by atoms with Crippen LogP contribution in [0.5, 0.6) is 5.75 Å². The van der Waals surface area contributed by atoms with Crippen molar-refractivity contribution in [2.24, 2.45) is 0 Å². The van der Waals surface area contributed by atoms with E-state index in [4.69, 9.17) is 15.6 Å². The van der Waals surface area contributed by atoms with Gasteiger partial charge in [0.2, 0.25) is 10.0 Å². The molecule has 0 radical (unpaired) electrons. The smallest absolute Gasteiger partial charge is 0.243 e. The van der Waals surface area contributed by atoms with E-state index < -0.39 is 15.8 Å². The van der Waals surface area contributed by atoms with Gasteiger partial charge in [0.15, 0.2) is 11.6 Å². The number of rotatable bonds is 7. The molecule has 1 aromatic rings. The van der Waals surface area contributed by atoms with Crippen molar-refractivity contribution in [1.29, 1.82) is 0 Å². The Labute approximate surface area is 124 Å². The van der Waals surface area contributed by atoms with Gasteiger partial charge in [0.05, 0.1) is 17.7 Å². The average molecular weight is 320 g/mol. The van der Waals surface area contributed by atoms with Crippen molar-refractivity contribution in [3.05, 3.63) is 17.9 Å². The van der Waals surface area contributed by atoms with Crippen LogP contribution >= 0.6 is 0 Å². The fourth-order valence-corrected chi connectivity index (χ4v) is 3.69. The number of sulfonamides is 1. The number of aliphatic hydroxyl groups is 1. The van der Waals surface area contributed by atoms with Gasteiger partial charge in [-0.25, -0.2) is 12.8 Å². The molecule has 0 spiro atoms. The first-order valence-electron chi connectivity index (χ1n) is 6.51. The molecule has 0 amide bonds. The highest BCUT2D eigenvalue weighted by molar-refractivity contribution is 7.89. The number of halogens is 1. The zero-order chi connectivity index (χ0) is 16.2. The lowest BCUT2D eigenvalue weighted by molar-refractivity contribution is 0.258. The standard InChI is InChI=1S/C13H21FN2O4S/c1-9(2)16(5-4-6-17)21(18,19)10-7-11(14)13(20-3)12(15)8-10/h7-9,17H,4-6,15H2,1-3H3. The molecule has 6 nitrogen and oxygen atoms in total. The number of nitrogen functional groups attached to an aromatic ring is 1. The third kappa shape index (κ3) is 3.84. The number of nitrogens with zero attached hydrogens (tertiary/aromatic N) is 1. The fourth-order valence-electron chi connectivity index (χ4n) is 1.97. The van der Waals surface area contributed by atoms with Crippen LogP contribution < -0.4 is 10.5 Å². The Bertz CT molecular complexity index is 567. The van der Waals surface area contributed by atoms with Crippen molar-refractivity contribution in [1.82, 2.24) is 4.31 Å². The molecule has 8 heteroatoms. The minimum Gasteiger partial charge on any atom is -0.492 e. The van der Waals surface area contributed by atoms with Gasteiger partial charge in [-0.1, -0.05) is 0 Å². The first-order valence-corrected chi connectivity index (χ1v) is 7.95. The first-order chi connectivity index (χ1) is 9.75. The summed E-state index contributed by atoms with van der Waals surface area (Å²) in [6.07, 6.45) is 0.297. The van der Waals surface area contributed by atoms with Crippen molar-refractivity contribution in [3.8, 4) is 5.75 Å². The maximum atomic E-state index is 13.8. The van der Waals surface area contributed by atoms with Crippen LogP contribution in [0, 0.1) is 5.82 Å². The fraction of sp³-hybridized carbons (Fsp3) is 0.538. The van der Waals surface area contributed by atoms with Gasteiger partial charge in [-0.3, -0.25) is 0 Å². The number of hydrogen-bond donors (Lipinski definition) is 2. The molecular weight excluding hydrogens is 299 g/mol. The van der Waals surface area contributed by atoms with Crippen LogP contribution in [0.4, 0.5) is 10.1 Å². The molecule has 0 saturated heterocycles. The number of hydrogen-bond acceptors (Lipinski definition) is 5. The maximum absolute atomic E-state index is 13.8. The third-order valence-electron chi connectivity index (χ3n) is 2.97. The van der Waals surface area contributed by atoms with E-state index >= 15 is 0 Å². The summed E-state index contributed by atoms with van der Waals surface area (Å²) in [7, 11) is -2.64. The van der Waals surface area contributed by atoms with Gasteiger partial charge in [-0.15, -0.1) is 0 Å². The molecule has 0 aliphatic carbocycles. The van der Waals surface area contributed by atoms with Gasteiger partial charge in [0, 0.05) is 19.2 Å². The van der Waals surface area contributed by atoms with Crippen LogP contribution in [-0.2, 0) is 10.0 Å². The van der Waals surface area contributed by atoms with Crippen molar-refractivity contribution in [3.63, 3.8) is 0 Å². The van der Waals surface area contributed by atoms with Crippen molar-refractivity contribution < 1.29 is 22.7 Å². The second kappa shape index (κ2) is 7.06. The molecule has 0 atom stereocenters. The monoisotopic (exact) mass is 320 g/mol. The van der Waals surface area contributed by atoms with Crippen molar-refractivity contribution in [2.45, 2.75) is 31.2 Å². The number of benzene rings is 1. The molecule has 0 aromatic heterocycles. The van der Waals surface area contributed by atoms with E-state index in [9.17, 15) is 12.8 Å². The Morgan fingerprint density at radius 2 is 2.05 bits per heavy atom. The lowest BCUT2D eigenvalue weighted by Crippen LogP contribution is -2.38. The Morgan fingerprint density at radius 3 is 2.48 bits per heavy atom. The van der Waals surface area contributed by atoms with Gasteiger partial charge in [-0.05, 0) is 32.4 Å². The van der Waals surface area contributed by atoms with E-state index in [1.807, 2.05) is 0 Å². The first kappa shape index (κ1) is 17.7. The van der Waals surface area contributed by atoms with E-state index in [2.05, 4.69) is 0 Å². The molecule has 0 saturated carbocycles. The summed E-state index contributed by atoms with van der Waals surface area (Å²) in [6.45, 7) is 3.43. The molecule has 0 unspecified atom stereocenters. The summed E-state index contributed by atoms with van der Waals surface area (Å²) in [5.41, 5.74) is 5.54. The van der Waals surface area contributed by atoms with Crippen LogP contribution in [0.3, 0.4) is 0 Å². The van der Waals surface area contributed by atoms with Crippen molar-refractivity contribution in [2.75, 3.05) is 26.0 Å². The predicted molar refractivity (Wildman–Crippen MR) is 78.1 cm³/mol. The predicted octanol–water partition coefficient (Wildman–Crippen LogP) is 1.20. The molecular formula is C13H21FN2O4S. The number of methoxy groups -OCH3 is 1. The van der Waals surface area contributed by atoms with Gasteiger partial charge in [0.25, 0.3) is 0 Å². The Morgan fingerprint density at radius 1 is 1.43 bits per heavy atom. The van der Waals surface area contributed by atoms with Crippen LogP contribution in [0.15, 0.2) is 17.0 Å². The highest BCUT2D eigenvalue weighted by Crippen LogP contribution is 2.30. The minimum atomic E-state index is -3.90. The molecule has 0 aliphatic rings. The summed E-state index contributed by atoms with van der Waals surface area (Å²) < 4.78 is 44.9. The van der Waals surface area contributed by atoms with Gasteiger partial charge >= 0.3 is 0 Å². The van der Waals surface area contributed by atoms with Crippen LogP contribution in [0.25, 0.3) is 0 Å². The Hall–Kier alpha value is -1.38. The van der Waals surface area contributed by atoms with Crippen LogP contribution in [-0.4, -0.2) is 44.1 Å². The summed E-state index contributed by atoms with van der Waals surface area (Å²) in [4.78, 5) is -0.232. The van der Waals surface area contributed by atoms with Crippen molar-refractivity contribution >= 4 is 15.7 Å². The van der Waals surface area contributed by atoms with E-state index in [1.54, 1.807) is 13.8 Å². The third-order valence-corrected chi connectivity index (χ3v) is 5.02. The van der Waals surface area contributed by atoms with E-state index in [0.29, 0.717) is 6.42 Å². The largest absolute Gasteiger partial charge is 0.492 e. The molecule has 0 heterocycles. The molecule has 0 bridgehead atoms. The lowest BCUT2D eigenvalue weighted by atomic mass is 10.3. The van der Waals surface area contributed by atoms with E-state index in [-0.39, 0.29) is 35.5 Å². The van der Waals surface area contributed by atoms with Crippen LogP contribution in [0.1, 0.15) is 20.3 Å². The van der Waals surface area contributed by atoms with Crippen LogP contribution in [0.2, 0.25) is 0 Å². The highest BCUT2D eigenvalue weighted by Gasteiger charge is 2.28. The van der Waals surface area contributed by atoms with E-state index in [0.717, 1.165) is 6.07 Å². The number of ether oxygens (including phenoxy) is 1.